The normalized spacial score (nSPS) is 18.0. The van der Waals surface area contributed by atoms with Gasteiger partial charge in [0.2, 0.25) is 0 Å². The highest BCUT2D eigenvalue weighted by Crippen LogP contribution is 2.20. The fourth-order valence-electron chi connectivity index (χ4n) is 2.49. The molecule has 1 atom stereocenters. The molecule has 2 heterocycles. The van der Waals surface area contributed by atoms with E-state index in [1.807, 2.05) is 0 Å². The summed E-state index contributed by atoms with van der Waals surface area (Å²) in [6.07, 6.45) is 6.92. The van der Waals surface area contributed by atoms with Crippen molar-refractivity contribution >= 4 is 15.7 Å². The predicted molar refractivity (Wildman–Crippen MR) is 90.2 cm³/mol. The summed E-state index contributed by atoms with van der Waals surface area (Å²) in [6, 6.07) is 6.64. The molecule has 0 unspecified atom stereocenters. The second-order valence-electron chi connectivity index (χ2n) is 5.60. The highest BCUT2D eigenvalue weighted by atomic mass is 32.2. The number of anilines is 1. The Morgan fingerprint density at radius 3 is 2.74 bits per heavy atom. The molecule has 0 saturated carbocycles. The second-order valence-corrected chi connectivity index (χ2v) is 7.62. The fraction of sp³-hybridized carbons (Fsp3) is 0.375. The minimum absolute atomic E-state index is 0. The minimum atomic E-state index is -3.19. The van der Waals surface area contributed by atoms with Gasteiger partial charge in [0.15, 0.2) is 9.84 Å². The van der Waals surface area contributed by atoms with E-state index in [0.29, 0.717) is 23.0 Å². The summed E-state index contributed by atoms with van der Waals surface area (Å²) in [7, 11) is -3.19. The minimum Gasteiger partial charge on any atom is -0.376 e. The highest BCUT2D eigenvalue weighted by Gasteiger charge is 2.15. The molecule has 0 aliphatic carbocycles. The molecule has 2 aromatic rings. The van der Waals surface area contributed by atoms with Crippen LogP contribution in [-0.4, -0.2) is 43.9 Å². The van der Waals surface area contributed by atoms with Gasteiger partial charge in [-0.3, -0.25) is 4.98 Å². The third-order valence-electron chi connectivity index (χ3n) is 3.75. The van der Waals surface area contributed by atoms with Gasteiger partial charge in [0.05, 0.1) is 29.1 Å². The Balaban J connectivity index is 0.00000208. The number of ether oxygens (including phenoxy) is 1. The molecule has 0 amide bonds. The molecule has 1 aromatic heterocycles. The SMILES string of the molecule is CS(=O)(=O)c1ccc(-c2cncc(NC[C@@H]3CCCO3)n2)cc1.[HH]. The van der Waals surface area contributed by atoms with Gasteiger partial charge in [0, 0.05) is 26.4 Å². The number of rotatable bonds is 5. The maximum atomic E-state index is 11.5. The summed E-state index contributed by atoms with van der Waals surface area (Å²) in [5, 5.41) is 3.24. The van der Waals surface area contributed by atoms with Crippen LogP contribution in [0.4, 0.5) is 5.82 Å². The molecule has 6 nitrogen and oxygen atoms in total. The van der Waals surface area contributed by atoms with Crippen molar-refractivity contribution in [2.24, 2.45) is 0 Å². The number of nitrogens with one attached hydrogen (secondary N) is 1. The van der Waals surface area contributed by atoms with E-state index in [-0.39, 0.29) is 7.53 Å². The lowest BCUT2D eigenvalue weighted by Crippen LogP contribution is -2.19. The standard InChI is InChI=1S/C16H19N3O3S.H2/c1-23(20,21)14-6-4-12(5-7-14)15-10-17-11-16(19-15)18-9-13-3-2-8-22-13;/h4-7,10-11,13H,2-3,8-9H2,1H3,(H,18,19);1H/t13-;/m0./s1. The van der Waals surface area contributed by atoms with Crippen LogP contribution in [0, 0.1) is 0 Å². The van der Waals surface area contributed by atoms with Crippen LogP contribution < -0.4 is 5.32 Å². The first-order valence-corrected chi connectivity index (χ1v) is 9.39. The van der Waals surface area contributed by atoms with E-state index in [0.717, 1.165) is 25.0 Å². The Kier molecular flexibility index (Phi) is 4.58. The van der Waals surface area contributed by atoms with Gasteiger partial charge in [-0.2, -0.15) is 0 Å². The van der Waals surface area contributed by atoms with Crippen LogP contribution in [0.1, 0.15) is 14.3 Å². The van der Waals surface area contributed by atoms with E-state index in [1.54, 1.807) is 36.7 Å². The Hall–Kier alpha value is -1.99. The summed E-state index contributed by atoms with van der Waals surface area (Å²) in [4.78, 5) is 9.00. The number of aromatic nitrogens is 2. The van der Waals surface area contributed by atoms with Gasteiger partial charge in [-0.05, 0) is 25.0 Å². The zero-order valence-electron chi connectivity index (χ0n) is 12.9. The van der Waals surface area contributed by atoms with Gasteiger partial charge in [-0.1, -0.05) is 12.1 Å². The molecule has 3 rings (SSSR count). The average molecular weight is 335 g/mol. The molecule has 23 heavy (non-hydrogen) atoms. The maximum absolute atomic E-state index is 11.5. The van der Waals surface area contributed by atoms with E-state index in [9.17, 15) is 8.42 Å². The van der Waals surface area contributed by atoms with Crippen molar-refractivity contribution in [2.75, 3.05) is 24.7 Å². The lowest BCUT2D eigenvalue weighted by Gasteiger charge is -2.11. The molecular weight excluding hydrogens is 314 g/mol. The molecule has 1 aliphatic rings. The Morgan fingerprint density at radius 2 is 2.09 bits per heavy atom. The predicted octanol–water partition coefficient (Wildman–Crippen LogP) is 2.38. The summed E-state index contributed by atoms with van der Waals surface area (Å²) >= 11 is 0. The highest BCUT2D eigenvalue weighted by molar-refractivity contribution is 7.90. The maximum Gasteiger partial charge on any atom is 0.175 e. The molecule has 7 heteroatoms. The first kappa shape index (κ1) is 15.9. The Labute approximate surface area is 137 Å². The number of sulfone groups is 1. The molecule has 0 bridgehead atoms. The summed E-state index contributed by atoms with van der Waals surface area (Å²) in [6.45, 7) is 1.54. The van der Waals surface area contributed by atoms with E-state index in [1.165, 1.54) is 6.26 Å². The fourth-order valence-corrected chi connectivity index (χ4v) is 3.12. The molecule has 0 spiro atoms. The van der Waals surface area contributed by atoms with Crippen molar-refractivity contribution in [3.8, 4) is 11.3 Å². The number of hydrogen-bond acceptors (Lipinski definition) is 6. The number of nitrogens with zero attached hydrogens (tertiary/aromatic N) is 2. The van der Waals surface area contributed by atoms with Crippen molar-refractivity contribution in [3.05, 3.63) is 36.7 Å². The van der Waals surface area contributed by atoms with Crippen LogP contribution in [0.15, 0.2) is 41.6 Å². The van der Waals surface area contributed by atoms with Gasteiger partial charge in [-0.25, -0.2) is 13.4 Å². The molecule has 0 radical (unpaired) electrons. The van der Waals surface area contributed by atoms with Gasteiger partial charge in [0.1, 0.15) is 5.82 Å². The van der Waals surface area contributed by atoms with E-state index >= 15 is 0 Å². The van der Waals surface area contributed by atoms with Gasteiger partial charge < -0.3 is 10.1 Å². The summed E-state index contributed by atoms with van der Waals surface area (Å²) < 4.78 is 28.6. The molecule has 1 fully saturated rings. The lowest BCUT2D eigenvalue weighted by molar-refractivity contribution is 0.120. The van der Waals surface area contributed by atoms with Crippen LogP contribution in [-0.2, 0) is 14.6 Å². The molecule has 124 valence electrons. The van der Waals surface area contributed by atoms with Gasteiger partial charge >= 0.3 is 0 Å². The Morgan fingerprint density at radius 1 is 1.30 bits per heavy atom. The van der Waals surface area contributed by atoms with Gasteiger partial charge in [-0.15, -0.1) is 0 Å². The van der Waals surface area contributed by atoms with E-state index < -0.39 is 9.84 Å². The lowest BCUT2D eigenvalue weighted by atomic mass is 10.2. The smallest absolute Gasteiger partial charge is 0.175 e. The monoisotopic (exact) mass is 335 g/mol. The topological polar surface area (TPSA) is 81.2 Å². The third kappa shape index (κ3) is 4.05. The third-order valence-corrected chi connectivity index (χ3v) is 4.88. The summed E-state index contributed by atoms with van der Waals surface area (Å²) in [5.74, 6) is 0.685. The second kappa shape index (κ2) is 6.64. The van der Waals surface area contributed by atoms with Crippen LogP contribution in [0.3, 0.4) is 0 Å². The van der Waals surface area contributed by atoms with Crippen LogP contribution in [0.25, 0.3) is 11.3 Å². The zero-order chi connectivity index (χ0) is 16.3. The van der Waals surface area contributed by atoms with Crippen molar-refractivity contribution in [1.82, 2.24) is 9.97 Å². The van der Waals surface area contributed by atoms with Crippen molar-refractivity contribution < 1.29 is 14.6 Å². The molecule has 1 N–H and O–H groups in total. The number of hydrogen-bond donors (Lipinski definition) is 1. The van der Waals surface area contributed by atoms with Crippen LogP contribution in [0.5, 0.6) is 0 Å². The largest absolute Gasteiger partial charge is 0.376 e. The molecule has 1 aliphatic heterocycles. The quantitative estimate of drug-likeness (QED) is 0.903. The number of benzene rings is 1. The zero-order valence-corrected chi connectivity index (χ0v) is 13.7. The molecular formula is C16H21N3O3S. The van der Waals surface area contributed by atoms with Crippen molar-refractivity contribution in [1.29, 1.82) is 0 Å². The molecule has 1 aromatic carbocycles. The van der Waals surface area contributed by atoms with Crippen LogP contribution in [0.2, 0.25) is 0 Å². The Bertz CT molecular complexity index is 775. The molecule has 1 saturated heterocycles. The summed E-state index contributed by atoms with van der Waals surface area (Å²) in [5.41, 5.74) is 1.52. The first-order chi connectivity index (χ1) is 11.0. The van der Waals surface area contributed by atoms with E-state index in [4.69, 9.17) is 4.74 Å². The van der Waals surface area contributed by atoms with Gasteiger partial charge in [0.25, 0.3) is 0 Å². The van der Waals surface area contributed by atoms with E-state index in [2.05, 4.69) is 15.3 Å². The van der Waals surface area contributed by atoms with Crippen molar-refractivity contribution in [2.45, 2.75) is 23.8 Å². The first-order valence-electron chi connectivity index (χ1n) is 7.50. The van der Waals surface area contributed by atoms with Crippen LogP contribution >= 0.6 is 0 Å². The average Bonchev–Trinajstić information content (AvgIpc) is 3.06. The van der Waals surface area contributed by atoms with Crippen molar-refractivity contribution in [3.63, 3.8) is 0 Å².